The molecule has 1 aliphatic rings. The number of nitrogens with zero attached hydrogens (tertiary/aromatic N) is 1. The van der Waals surface area contributed by atoms with E-state index in [1.807, 2.05) is 38.3 Å². The zero-order chi connectivity index (χ0) is 16.9. The summed E-state index contributed by atoms with van der Waals surface area (Å²) in [5, 5.41) is 3.96. The molecule has 2 N–H and O–H groups in total. The zero-order valence-electron chi connectivity index (χ0n) is 14.2. The Bertz CT molecular complexity index is 559. The van der Waals surface area contributed by atoms with Crippen LogP contribution in [0, 0.1) is 5.92 Å². The molecule has 0 fully saturated rings. The molecule has 0 radical (unpaired) electrons. The Morgan fingerprint density at radius 3 is 2.87 bits per heavy atom. The fourth-order valence-corrected chi connectivity index (χ4v) is 2.35. The van der Waals surface area contributed by atoms with Gasteiger partial charge in [-0.05, 0) is 30.9 Å². The van der Waals surface area contributed by atoms with Gasteiger partial charge in [0.2, 0.25) is 0 Å². The van der Waals surface area contributed by atoms with Gasteiger partial charge in [0.25, 0.3) is 0 Å². The Morgan fingerprint density at radius 2 is 2.13 bits per heavy atom. The lowest BCUT2D eigenvalue weighted by Crippen LogP contribution is -2.01. The highest BCUT2D eigenvalue weighted by Crippen LogP contribution is 2.27. The van der Waals surface area contributed by atoms with Crippen LogP contribution < -0.4 is 5.73 Å². The molecule has 3 heteroatoms. The number of oxime groups is 1. The van der Waals surface area contributed by atoms with Gasteiger partial charge in [-0.15, -0.1) is 0 Å². The van der Waals surface area contributed by atoms with E-state index in [0.29, 0.717) is 12.5 Å². The van der Waals surface area contributed by atoms with E-state index in [1.165, 1.54) is 5.57 Å². The first-order valence-corrected chi connectivity index (χ1v) is 8.28. The molecule has 2 rings (SSSR count). The molecular formula is C20H28N2O. The fourth-order valence-electron chi connectivity index (χ4n) is 2.35. The summed E-state index contributed by atoms with van der Waals surface area (Å²) >= 11 is 0. The Morgan fingerprint density at radius 1 is 1.35 bits per heavy atom. The number of anilines is 1. The monoisotopic (exact) mass is 312 g/mol. The van der Waals surface area contributed by atoms with Crippen LogP contribution in [0.4, 0.5) is 5.69 Å². The molecule has 0 aliphatic heterocycles. The molecule has 0 spiro atoms. The van der Waals surface area contributed by atoms with Gasteiger partial charge in [-0.2, -0.15) is 0 Å². The van der Waals surface area contributed by atoms with E-state index in [1.54, 1.807) is 6.08 Å². The molecule has 1 unspecified atom stereocenters. The largest absolute Gasteiger partial charge is 0.398 e. The van der Waals surface area contributed by atoms with E-state index in [0.717, 1.165) is 30.5 Å². The van der Waals surface area contributed by atoms with Gasteiger partial charge in [0.05, 0.1) is 6.21 Å². The first-order chi connectivity index (χ1) is 11.3. The third kappa shape index (κ3) is 6.55. The zero-order valence-corrected chi connectivity index (χ0v) is 14.2. The first kappa shape index (κ1) is 18.8. The van der Waals surface area contributed by atoms with E-state index in [2.05, 4.69) is 36.0 Å². The smallest absolute Gasteiger partial charge is 0.135 e. The van der Waals surface area contributed by atoms with Gasteiger partial charge in [-0.1, -0.05) is 68.1 Å². The molecule has 1 atom stereocenters. The molecule has 1 aromatic rings. The number of benzene rings is 1. The van der Waals surface area contributed by atoms with Crippen molar-refractivity contribution in [2.24, 2.45) is 11.1 Å². The standard InChI is InChI=1S/C18H22N2O.C2H6/c1-2-13-21-20-14-15-7-5-9-16(10-6-8-15)17-11-3-4-12-18(17)19;1-2/h2-5,7,10-12,14-15H,1,6,8-9,13,19H2;1-2H3/b7-5-,16-10+,20-14+;. The van der Waals surface area contributed by atoms with Crippen molar-refractivity contribution in [1.29, 1.82) is 0 Å². The lowest BCUT2D eigenvalue weighted by molar-refractivity contribution is 0.175. The van der Waals surface area contributed by atoms with Gasteiger partial charge in [-0.3, -0.25) is 0 Å². The van der Waals surface area contributed by atoms with Crippen LogP contribution in [0.2, 0.25) is 0 Å². The van der Waals surface area contributed by atoms with Crippen LogP contribution in [0.3, 0.4) is 0 Å². The second kappa shape index (κ2) is 11.3. The molecule has 0 bridgehead atoms. The summed E-state index contributed by atoms with van der Waals surface area (Å²) in [5.74, 6) is 0.320. The number of rotatable bonds is 5. The van der Waals surface area contributed by atoms with Gasteiger partial charge in [-0.25, -0.2) is 0 Å². The predicted octanol–water partition coefficient (Wildman–Crippen LogP) is 5.22. The number of hydrogen-bond donors (Lipinski definition) is 1. The van der Waals surface area contributed by atoms with Crippen molar-refractivity contribution < 1.29 is 4.84 Å². The number of nitrogen functional groups attached to an aromatic ring is 1. The third-order valence-corrected chi connectivity index (χ3v) is 3.44. The van der Waals surface area contributed by atoms with Crippen molar-refractivity contribution in [1.82, 2.24) is 0 Å². The van der Waals surface area contributed by atoms with Crippen molar-refractivity contribution in [3.8, 4) is 0 Å². The predicted molar refractivity (Wildman–Crippen MR) is 101 cm³/mol. The number of para-hydroxylation sites is 1. The molecule has 124 valence electrons. The summed E-state index contributed by atoms with van der Waals surface area (Å²) in [5.41, 5.74) is 9.33. The SMILES string of the molecule is C=CCO/N=C/C1/C=C\C/C(c2ccccc2N)=C\CC1.CC. The van der Waals surface area contributed by atoms with Crippen LogP contribution in [-0.2, 0) is 4.84 Å². The van der Waals surface area contributed by atoms with Crippen LogP contribution in [0.25, 0.3) is 5.57 Å². The van der Waals surface area contributed by atoms with Crippen LogP contribution >= 0.6 is 0 Å². The molecule has 0 aromatic heterocycles. The summed E-state index contributed by atoms with van der Waals surface area (Å²) in [6, 6.07) is 8.03. The minimum Gasteiger partial charge on any atom is -0.398 e. The second-order valence-corrected chi connectivity index (χ2v) is 5.03. The Balaban J connectivity index is 0.00000127. The quantitative estimate of drug-likeness (QED) is 0.266. The van der Waals surface area contributed by atoms with Gasteiger partial charge in [0.1, 0.15) is 6.61 Å². The van der Waals surface area contributed by atoms with E-state index < -0.39 is 0 Å². The molecule has 0 heterocycles. The van der Waals surface area contributed by atoms with Crippen molar-refractivity contribution in [3.05, 3.63) is 60.7 Å². The van der Waals surface area contributed by atoms with Crippen LogP contribution in [-0.4, -0.2) is 12.8 Å². The maximum Gasteiger partial charge on any atom is 0.135 e. The molecule has 0 saturated carbocycles. The fraction of sp³-hybridized carbons (Fsp3) is 0.350. The first-order valence-electron chi connectivity index (χ1n) is 8.28. The van der Waals surface area contributed by atoms with E-state index in [4.69, 9.17) is 10.6 Å². The Kier molecular flexibility index (Phi) is 9.22. The number of hydrogen-bond acceptors (Lipinski definition) is 3. The summed E-state index contributed by atoms with van der Waals surface area (Å²) < 4.78 is 0. The normalized spacial score (nSPS) is 21.1. The van der Waals surface area contributed by atoms with Gasteiger partial charge in [0, 0.05) is 17.2 Å². The van der Waals surface area contributed by atoms with Gasteiger partial charge >= 0.3 is 0 Å². The second-order valence-electron chi connectivity index (χ2n) is 5.03. The summed E-state index contributed by atoms with van der Waals surface area (Å²) in [6.07, 6.45) is 13.1. The molecule has 23 heavy (non-hydrogen) atoms. The minimum absolute atomic E-state index is 0.320. The molecular weight excluding hydrogens is 284 g/mol. The van der Waals surface area contributed by atoms with Gasteiger partial charge in [0.15, 0.2) is 0 Å². The number of nitrogens with two attached hydrogens (primary N) is 1. The van der Waals surface area contributed by atoms with Crippen molar-refractivity contribution in [2.75, 3.05) is 12.3 Å². The van der Waals surface area contributed by atoms with Crippen LogP contribution in [0.15, 0.2) is 60.3 Å². The highest BCUT2D eigenvalue weighted by molar-refractivity contribution is 5.76. The summed E-state index contributed by atoms with van der Waals surface area (Å²) in [4.78, 5) is 5.05. The summed E-state index contributed by atoms with van der Waals surface area (Å²) in [7, 11) is 0. The topological polar surface area (TPSA) is 47.6 Å². The van der Waals surface area contributed by atoms with Gasteiger partial charge < -0.3 is 10.6 Å². The highest BCUT2D eigenvalue weighted by atomic mass is 16.6. The van der Waals surface area contributed by atoms with Crippen molar-refractivity contribution in [3.63, 3.8) is 0 Å². The lowest BCUT2D eigenvalue weighted by Gasteiger charge is -2.13. The maximum atomic E-state index is 6.05. The van der Waals surface area contributed by atoms with E-state index in [-0.39, 0.29) is 0 Å². The molecule has 1 aromatic carbocycles. The van der Waals surface area contributed by atoms with Crippen LogP contribution in [0.5, 0.6) is 0 Å². The van der Waals surface area contributed by atoms with E-state index in [9.17, 15) is 0 Å². The summed E-state index contributed by atoms with van der Waals surface area (Å²) in [6.45, 7) is 8.03. The van der Waals surface area contributed by atoms with E-state index >= 15 is 0 Å². The molecule has 1 aliphatic carbocycles. The molecule has 3 nitrogen and oxygen atoms in total. The van der Waals surface area contributed by atoms with Crippen molar-refractivity contribution in [2.45, 2.75) is 33.1 Å². The molecule has 0 saturated heterocycles. The van der Waals surface area contributed by atoms with Crippen molar-refractivity contribution >= 4 is 17.5 Å². The molecule has 0 amide bonds. The highest BCUT2D eigenvalue weighted by Gasteiger charge is 2.08. The third-order valence-electron chi connectivity index (χ3n) is 3.44. The average molecular weight is 312 g/mol. The minimum atomic E-state index is 0.320. The Hall–Kier alpha value is -2.29. The number of allylic oxidation sites excluding steroid dienone is 4. The average Bonchev–Trinajstić information content (AvgIpc) is 2.56. The Labute approximate surface area is 140 Å². The van der Waals surface area contributed by atoms with Crippen LogP contribution in [0.1, 0.15) is 38.7 Å². The lowest BCUT2D eigenvalue weighted by atomic mass is 9.93. The maximum absolute atomic E-state index is 6.05.